The van der Waals surface area contributed by atoms with Gasteiger partial charge >= 0.3 is 6.09 Å². The van der Waals surface area contributed by atoms with E-state index in [1.807, 2.05) is 32.3 Å². The average Bonchev–Trinajstić information content (AvgIpc) is 2.78. The maximum atomic E-state index is 11.6. The van der Waals surface area contributed by atoms with Crippen molar-refractivity contribution in [1.29, 1.82) is 0 Å². The van der Waals surface area contributed by atoms with Gasteiger partial charge in [0.2, 0.25) is 0 Å². The van der Waals surface area contributed by atoms with Crippen LogP contribution < -0.4 is 5.32 Å². The Hall–Kier alpha value is -1.37. The van der Waals surface area contributed by atoms with Crippen LogP contribution in [0.2, 0.25) is 0 Å². The molecule has 1 aromatic heterocycles. The van der Waals surface area contributed by atoms with Crippen LogP contribution in [-0.4, -0.2) is 37.0 Å². The number of rotatable bonds is 6. The molecular formula is C13H23N3O3S. The van der Waals surface area contributed by atoms with Crippen LogP contribution in [0.5, 0.6) is 0 Å². The summed E-state index contributed by atoms with van der Waals surface area (Å²) in [4.78, 5) is 15.6. The third-order valence-electron chi connectivity index (χ3n) is 2.49. The predicted octanol–water partition coefficient (Wildman–Crippen LogP) is 1.68. The topological polar surface area (TPSA) is 73.2 Å². The van der Waals surface area contributed by atoms with E-state index in [0.29, 0.717) is 24.6 Å². The van der Waals surface area contributed by atoms with Crippen LogP contribution in [0.4, 0.5) is 4.79 Å². The number of hydrogen-bond acceptors (Lipinski definition) is 4. The maximum Gasteiger partial charge on any atom is 0.407 e. The Bertz CT molecular complexity index is 466. The normalized spacial score (nSPS) is 13.0. The van der Waals surface area contributed by atoms with Gasteiger partial charge in [-0.25, -0.2) is 9.78 Å². The maximum absolute atomic E-state index is 11.6. The number of imidazole rings is 1. The number of carbonyl (C=O) groups excluding carboxylic acids is 1. The summed E-state index contributed by atoms with van der Waals surface area (Å²) in [6, 6.07) is 0. The van der Waals surface area contributed by atoms with Crippen LogP contribution in [-0.2, 0) is 28.6 Å². The molecule has 114 valence electrons. The van der Waals surface area contributed by atoms with Crippen molar-refractivity contribution in [3.05, 3.63) is 18.2 Å². The summed E-state index contributed by atoms with van der Waals surface area (Å²) in [7, 11) is -0.807. The van der Waals surface area contributed by atoms with E-state index < -0.39 is 22.5 Å². The molecule has 0 bridgehead atoms. The third-order valence-corrected chi connectivity index (χ3v) is 3.77. The lowest BCUT2D eigenvalue weighted by Crippen LogP contribution is -2.32. The van der Waals surface area contributed by atoms with Crippen molar-refractivity contribution in [2.75, 3.05) is 11.5 Å². The van der Waals surface area contributed by atoms with Gasteiger partial charge in [-0.1, -0.05) is 6.92 Å². The molecular weight excluding hydrogens is 278 g/mol. The van der Waals surface area contributed by atoms with E-state index in [0.717, 1.165) is 5.69 Å². The zero-order valence-corrected chi connectivity index (χ0v) is 13.3. The Morgan fingerprint density at radius 1 is 1.50 bits per heavy atom. The first-order chi connectivity index (χ1) is 9.31. The molecule has 1 amide bonds. The zero-order chi connectivity index (χ0) is 15.2. The highest BCUT2D eigenvalue weighted by Crippen LogP contribution is 2.07. The molecule has 0 saturated carbocycles. The van der Waals surface area contributed by atoms with Crippen LogP contribution in [0.25, 0.3) is 0 Å². The van der Waals surface area contributed by atoms with E-state index in [4.69, 9.17) is 4.74 Å². The minimum absolute atomic E-state index is 0.341. The van der Waals surface area contributed by atoms with Crippen LogP contribution in [0, 0.1) is 0 Å². The monoisotopic (exact) mass is 301 g/mol. The molecule has 0 aliphatic rings. The average molecular weight is 301 g/mol. The molecule has 0 aliphatic heterocycles. The molecule has 1 aromatic rings. The SMILES string of the molecule is CCS(=O)CCn1cncc1CNC(=O)OC(C)(C)C. The first-order valence-electron chi connectivity index (χ1n) is 6.62. The van der Waals surface area contributed by atoms with Crippen molar-refractivity contribution in [1.82, 2.24) is 14.9 Å². The molecule has 1 atom stereocenters. The molecule has 0 saturated heterocycles. The van der Waals surface area contributed by atoms with Crippen LogP contribution >= 0.6 is 0 Å². The van der Waals surface area contributed by atoms with E-state index in [1.165, 1.54) is 0 Å². The molecule has 0 aromatic carbocycles. The second-order valence-electron chi connectivity index (χ2n) is 5.37. The van der Waals surface area contributed by atoms with Crippen molar-refractivity contribution >= 4 is 16.9 Å². The van der Waals surface area contributed by atoms with Gasteiger partial charge in [-0.2, -0.15) is 0 Å². The molecule has 1 N–H and O–H groups in total. The van der Waals surface area contributed by atoms with Gasteiger partial charge in [0.1, 0.15) is 5.60 Å². The first kappa shape index (κ1) is 16.7. The van der Waals surface area contributed by atoms with Crippen LogP contribution in [0.1, 0.15) is 33.4 Å². The van der Waals surface area contributed by atoms with Gasteiger partial charge in [0.25, 0.3) is 0 Å². The molecule has 1 unspecified atom stereocenters. The quantitative estimate of drug-likeness (QED) is 0.867. The van der Waals surface area contributed by atoms with Gasteiger partial charge in [-0.05, 0) is 20.8 Å². The summed E-state index contributed by atoms with van der Waals surface area (Å²) in [6.07, 6.45) is 2.91. The highest BCUT2D eigenvalue weighted by Gasteiger charge is 2.16. The molecule has 0 spiro atoms. The second-order valence-corrected chi connectivity index (χ2v) is 7.23. The summed E-state index contributed by atoms with van der Waals surface area (Å²) in [5, 5.41) is 2.69. The van der Waals surface area contributed by atoms with Gasteiger partial charge in [0, 0.05) is 35.0 Å². The fraction of sp³-hybridized carbons (Fsp3) is 0.692. The molecule has 0 fully saturated rings. The van der Waals surface area contributed by atoms with Gasteiger partial charge in [-0.15, -0.1) is 0 Å². The lowest BCUT2D eigenvalue weighted by atomic mass is 10.2. The first-order valence-corrected chi connectivity index (χ1v) is 8.11. The number of aryl methyl sites for hydroxylation is 1. The number of hydrogen-bond donors (Lipinski definition) is 1. The van der Waals surface area contributed by atoms with Gasteiger partial charge in [0.15, 0.2) is 0 Å². The van der Waals surface area contributed by atoms with Crippen molar-refractivity contribution in [3.63, 3.8) is 0 Å². The standard InChI is InChI=1S/C13H23N3O3S/c1-5-20(18)7-6-16-10-14-8-11(16)9-15-12(17)19-13(2,3)4/h8,10H,5-7,9H2,1-4H3,(H,15,17). The van der Waals surface area contributed by atoms with Crippen molar-refractivity contribution in [2.45, 2.75) is 46.4 Å². The number of amides is 1. The summed E-state index contributed by atoms with van der Waals surface area (Å²) in [6.45, 7) is 8.32. The number of nitrogens with one attached hydrogen (secondary N) is 1. The molecule has 1 rings (SSSR count). The Kier molecular flexibility index (Phi) is 6.19. The Balaban J connectivity index is 2.47. The fourth-order valence-electron chi connectivity index (χ4n) is 1.52. The van der Waals surface area contributed by atoms with E-state index in [1.54, 1.807) is 12.5 Å². The number of ether oxygens (including phenoxy) is 1. The predicted molar refractivity (Wildman–Crippen MR) is 78.9 cm³/mol. The molecule has 7 heteroatoms. The van der Waals surface area contributed by atoms with Gasteiger partial charge in [-0.3, -0.25) is 4.21 Å². The summed E-state index contributed by atoms with van der Waals surface area (Å²) < 4.78 is 18.5. The van der Waals surface area contributed by atoms with Crippen molar-refractivity contribution in [2.24, 2.45) is 0 Å². The third kappa shape index (κ3) is 6.18. The number of alkyl carbamates (subject to hydrolysis) is 1. The Morgan fingerprint density at radius 3 is 2.80 bits per heavy atom. The zero-order valence-electron chi connectivity index (χ0n) is 12.5. The van der Waals surface area contributed by atoms with Crippen molar-refractivity contribution in [3.8, 4) is 0 Å². The lowest BCUT2D eigenvalue weighted by Gasteiger charge is -2.19. The number of nitrogens with zero attached hydrogens (tertiary/aromatic N) is 2. The molecule has 20 heavy (non-hydrogen) atoms. The van der Waals surface area contributed by atoms with Crippen molar-refractivity contribution < 1.29 is 13.7 Å². The molecule has 6 nitrogen and oxygen atoms in total. The summed E-state index contributed by atoms with van der Waals surface area (Å²) in [5.74, 6) is 1.24. The van der Waals surface area contributed by atoms with Gasteiger partial charge < -0.3 is 14.6 Å². The largest absolute Gasteiger partial charge is 0.444 e. The Labute approximate surface area is 122 Å². The Morgan fingerprint density at radius 2 is 2.20 bits per heavy atom. The van der Waals surface area contributed by atoms with Crippen LogP contribution in [0.3, 0.4) is 0 Å². The second kappa shape index (κ2) is 7.42. The van der Waals surface area contributed by atoms with E-state index in [2.05, 4.69) is 10.3 Å². The van der Waals surface area contributed by atoms with E-state index in [9.17, 15) is 9.00 Å². The van der Waals surface area contributed by atoms with E-state index in [-0.39, 0.29) is 0 Å². The van der Waals surface area contributed by atoms with Gasteiger partial charge in [0.05, 0.1) is 18.6 Å². The fourth-order valence-corrected chi connectivity index (χ4v) is 2.21. The summed E-state index contributed by atoms with van der Waals surface area (Å²) in [5.41, 5.74) is 0.353. The molecule has 0 aliphatic carbocycles. The number of aromatic nitrogens is 2. The minimum Gasteiger partial charge on any atom is -0.444 e. The lowest BCUT2D eigenvalue weighted by molar-refractivity contribution is 0.0522. The van der Waals surface area contributed by atoms with E-state index >= 15 is 0 Å². The minimum atomic E-state index is -0.807. The highest BCUT2D eigenvalue weighted by atomic mass is 32.2. The molecule has 1 heterocycles. The number of carbonyl (C=O) groups is 1. The molecule has 0 radical (unpaired) electrons. The van der Waals surface area contributed by atoms with Crippen LogP contribution in [0.15, 0.2) is 12.5 Å². The summed E-state index contributed by atoms with van der Waals surface area (Å²) >= 11 is 0. The smallest absolute Gasteiger partial charge is 0.407 e. The highest BCUT2D eigenvalue weighted by molar-refractivity contribution is 7.84.